The van der Waals surface area contributed by atoms with Gasteiger partial charge in [-0.3, -0.25) is 9.67 Å². The Morgan fingerprint density at radius 3 is 3.06 bits per heavy atom. The summed E-state index contributed by atoms with van der Waals surface area (Å²) in [5, 5.41) is 11.8. The lowest BCUT2D eigenvalue weighted by Gasteiger charge is -2.06. The highest BCUT2D eigenvalue weighted by molar-refractivity contribution is 5.96. The average Bonchev–Trinajstić information content (AvgIpc) is 2.90. The van der Waals surface area contributed by atoms with Crippen LogP contribution in [0.15, 0.2) is 29.4 Å². The maximum atomic E-state index is 4.29. The van der Waals surface area contributed by atoms with Crippen molar-refractivity contribution in [2.45, 2.75) is 0 Å². The molecule has 0 amide bonds. The van der Waals surface area contributed by atoms with Gasteiger partial charge in [0.1, 0.15) is 0 Å². The fourth-order valence-electron chi connectivity index (χ4n) is 1.84. The van der Waals surface area contributed by atoms with Gasteiger partial charge in [-0.25, -0.2) is 0 Å². The molecule has 2 heterocycles. The Bertz CT molecular complexity index is 560. The Morgan fingerprint density at radius 2 is 2.29 bits per heavy atom. The molecule has 0 radical (unpaired) electrons. The zero-order chi connectivity index (χ0) is 11.0. The molecule has 0 bridgehead atoms. The van der Waals surface area contributed by atoms with Crippen molar-refractivity contribution in [3.8, 4) is 0 Å². The van der Waals surface area contributed by atoms with Gasteiger partial charge in [-0.1, -0.05) is 0 Å². The van der Waals surface area contributed by atoms with Crippen LogP contribution in [0.3, 0.4) is 0 Å². The van der Waals surface area contributed by atoms with E-state index >= 15 is 0 Å². The van der Waals surface area contributed by atoms with E-state index in [0.717, 1.165) is 35.6 Å². The van der Waals surface area contributed by atoms with E-state index in [1.165, 1.54) is 0 Å². The minimum absolute atomic E-state index is 0. The summed E-state index contributed by atoms with van der Waals surface area (Å²) in [4.78, 5) is 4.29. The van der Waals surface area contributed by atoms with Gasteiger partial charge in [-0.2, -0.15) is 5.10 Å². The number of nitrogens with one attached hydrogen (secondary N) is 2. The fraction of sp³-hybridized carbons (Fsp3) is 0.273. The van der Waals surface area contributed by atoms with Crippen LogP contribution in [0.25, 0.3) is 10.9 Å². The Hall–Kier alpha value is -1.75. The molecule has 6 heteroatoms. The number of nitrogens with zero attached hydrogens (tertiary/aromatic N) is 3. The summed E-state index contributed by atoms with van der Waals surface area (Å²) in [6.07, 6.45) is 1.87. The normalized spacial score (nSPS) is 14.1. The van der Waals surface area contributed by atoms with Crippen LogP contribution >= 0.6 is 12.4 Å². The number of anilines is 1. The topological polar surface area (TPSA) is 54.2 Å². The quantitative estimate of drug-likeness (QED) is 0.805. The molecule has 0 fully saturated rings. The van der Waals surface area contributed by atoms with E-state index in [-0.39, 0.29) is 12.4 Å². The lowest BCUT2D eigenvalue weighted by atomic mass is 10.2. The lowest BCUT2D eigenvalue weighted by molar-refractivity contribution is 0.797. The molecule has 0 saturated heterocycles. The van der Waals surface area contributed by atoms with Crippen molar-refractivity contribution in [3.05, 3.63) is 24.4 Å². The lowest BCUT2D eigenvalue weighted by Crippen LogP contribution is -2.26. The Morgan fingerprint density at radius 1 is 1.41 bits per heavy atom. The molecule has 90 valence electrons. The molecule has 2 N–H and O–H groups in total. The molecule has 1 aliphatic rings. The van der Waals surface area contributed by atoms with Crippen molar-refractivity contribution in [1.82, 2.24) is 15.1 Å². The van der Waals surface area contributed by atoms with Gasteiger partial charge in [0.25, 0.3) is 0 Å². The van der Waals surface area contributed by atoms with Crippen LogP contribution in [-0.4, -0.2) is 28.8 Å². The molecule has 0 atom stereocenters. The molecule has 1 aromatic carbocycles. The van der Waals surface area contributed by atoms with Crippen molar-refractivity contribution in [2.24, 2.45) is 12.0 Å². The van der Waals surface area contributed by atoms with Crippen LogP contribution in [0.5, 0.6) is 0 Å². The standard InChI is InChI=1S/C11H13N5.ClH/c1-16-10-6-9(3-2-8(10)7-14-16)15-11-12-4-5-13-11;/h2-3,6-7H,4-5H2,1H3,(H2,12,13,15);1H. The molecule has 2 aromatic rings. The van der Waals surface area contributed by atoms with Gasteiger partial charge in [0, 0.05) is 24.7 Å². The molecule has 1 aromatic heterocycles. The maximum Gasteiger partial charge on any atom is 0.195 e. The van der Waals surface area contributed by atoms with E-state index in [0.29, 0.717) is 0 Å². The van der Waals surface area contributed by atoms with Gasteiger partial charge in [0.15, 0.2) is 5.96 Å². The van der Waals surface area contributed by atoms with Crippen LogP contribution in [0.1, 0.15) is 0 Å². The predicted octanol–water partition coefficient (Wildman–Crippen LogP) is 1.37. The second kappa shape index (κ2) is 4.63. The molecule has 0 spiro atoms. The third-order valence-electron chi connectivity index (χ3n) is 2.69. The summed E-state index contributed by atoms with van der Waals surface area (Å²) in [6, 6.07) is 6.16. The largest absolute Gasteiger partial charge is 0.354 e. The Kier molecular flexibility index (Phi) is 3.19. The predicted molar refractivity (Wildman–Crippen MR) is 71.9 cm³/mol. The third-order valence-corrected chi connectivity index (χ3v) is 2.69. The van der Waals surface area contributed by atoms with Crippen LogP contribution in [0.4, 0.5) is 5.69 Å². The first-order valence-corrected chi connectivity index (χ1v) is 5.30. The zero-order valence-electron chi connectivity index (χ0n) is 9.47. The number of aromatic nitrogens is 2. The number of guanidine groups is 1. The van der Waals surface area contributed by atoms with Gasteiger partial charge < -0.3 is 10.6 Å². The second-order valence-electron chi connectivity index (χ2n) is 3.82. The summed E-state index contributed by atoms with van der Waals surface area (Å²) in [5.41, 5.74) is 2.15. The van der Waals surface area contributed by atoms with Gasteiger partial charge in [-0.15, -0.1) is 12.4 Å². The first-order valence-electron chi connectivity index (χ1n) is 5.30. The van der Waals surface area contributed by atoms with Crippen molar-refractivity contribution < 1.29 is 0 Å². The van der Waals surface area contributed by atoms with E-state index in [1.54, 1.807) is 0 Å². The smallest absolute Gasteiger partial charge is 0.195 e. The number of aryl methyl sites for hydroxylation is 1. The number of benzene rings is 1. The minimum Gasteiger partial charge on any atom is -0.354 e. The van der Waals surface area contributed by atoms with E-state index in [1.807, 2.05) is 24.0 Å². The molecule has 0 saturated carbocycles. The maximum absolute atomic E-state index is 4.29. The SMILES string of the molecule is Cl.Cn1ncc2ccc(NC3=NCCN3)cc21. The van der Waals surface area contributed by atoms with E-state index in [4.69, 9.17) is 0 Å². The number of hydrogen-bond donors (Lipinski definition) is 2. The van der Waals surface area contributed by atoms with Crippen LogP contribution in [0.2, 0.25) is 0 Å². The van der Waals surface area contributed by atoms with E-state index in [9.17, 15) is 0 Å². The van der Waals surface area contributed by atoms with Gasteiger partial charge >= 0.3 is 0 Å². The first kappa shape index (κ1) is 11.7. The van der Waals surface area contributed by atoms with Crippen molar-refractivity contribution >= 4 is 35.0 Å². The monoisotopic (exact) mass is 251 g/mol. The van der Waals surface area contributed by atoms with E-state index in [2.05, 4.69) is 32.9 Å². The number of halogens is 1. The number of fused-ring (bicyclic) bond motifs is 1. The Balaban J connectivity index is 0.00000108. The third kappa shape index (κ3) is 2.19. The molecular formula is C11H14ClN5. The molecule has 3 rings (SSSR count). The minimum atomic E-state index is 0. The van der Waals surface area contributed by atoms with Gasteiger partial charge in [0.05, 0.1) is 18.3 Å². The van der Waals surface area contributed by atoms with Crippen molar-refractivity contribution in [2.75, 3.05) is 18.4 Å². The summed E-state index contributed by atoms with van der Waals surface area (Å²) >= 11 is 0. The van der Waals surface area contributed by atoms with Crippen LogP contribution in [0, 0.1) is 0 Å². The fourth-order valence-corrected chi connectivity index (χ4v) is 1.84. The Labute approximate surface area is 105 Å². The first-order chi connectivity index (χ1) is 7.83. The highest BCUT2D eigenvalue weighted by Gasteiger charge is 2.06. The summed E-state index contributed by atoms with van der Waals surface area (Å²) < 4.78 is 1.87. The van der Waals surface area contributed by atoms with Crippen molar-refractivity contribution in [3.63, 3.8) is 0 Å². The molecule has 5 nitrogen and oxygen atoms in total. The van der Waals surface area contributed by atoms with Crippen LogP contribution < -0.4 is 10.6 Å². The second-order valence-corrected chi connectivity index (χ2v) is 3.82. The molecule has 0 aliphatic carbocycles. The summed E-state index contributed by atoms with van der Waals surface area (Å²) in [5.74, 6) is 0.849. The summed E-state index contributed by atoms with van der Waals surface area (Å²) in [6.45, 7) is 1.76. The summed E-state index contributed by atoms with van der Waals surface area (Å²) in [7, 11) is 1.94. The van der Waals surface area contributed by atoms with E-state index < -0.39 is 0 Å². The molecule has 17 heavy (non-hydrogen) atoms. The highest BCUT2D eigenvalue weighted by atomic mass is 35.5. The zero-order valence-corrected chi connectivity index (χ0v) is 10.3. The highest BCUT2D eigenvalue weighted by Crippen LogP contribution is 2.18. The van der Waals surface area contributed by atoms with Crippen LogP contribution in [-0.2, 0) is 7.05 Å². The number of rotatable bonds is 1. The van der Waals surface area contributed by atoms with Gasteiger partial charge in [0.2, 0.25) is 0 Å². The average molecular weight is 252 g/mol. The van der Waals surface area contributed by atoms with Crippen molar-refractivity contribution in [1.29, 1.82) is 0 Å². The molecule has 1 aliphatic heterocycles. The number of aliphatic imine (C=N–C) groups is 1. The van der Waals surface area contributed by atoms with Gasteiger partial charge in [-0.05, 0) is 18.2 Å². The molecular weight excluding hydrogens is 238 g/mol. The number of hydrogen-bond acceptors (Lipinski definition) is 4. The molecule has 0 unspecified atom stereocenters.